The van der Waals surface area contributed by atoms with Crippen molar-refractivity contribution >= 4 is 12.0 Å². The Morgan fingerprint density at radius 3 is 2.45 bits per heavy atom. The van der Waals surface area contributed by atoms with E-state index in [0.717, 1.165) is 5.56 Å². The summed E-state index contributed by atoms with van der Waals surface area (Å²) in [6, 6.07) is 8.74. The highest BCUT2D eigenvalue weighted by Crippen LogP contribution is 2.06. The number of nitrogens with zero attached hydrogens (tertiary/aromatic N) is 2. The molecule has 0 saturated heterocycles. The average molecular weight is 308 g/mol. The second kappa shape index (κ2) is 9.04. The molecule has 0 radical (unpaired) electrons. The average Bonchev–Trinajstić information content (AvgIpc) is 2.56. The van der Waals surface area contributed by atoms with Crippen molar-refractivity contribution in [3.63, 3.8) is 0 Å². The highest BCUT2D eigenvalue weighted by Gasteiger charge is 2.25. The van der Waals surface area contributed by atoms with E-state index in [0.29, 0.717) is 13.0 Å². The van der Waals surface area contributed by atoms with E-state index in [9.17, 15) is 9.59 Å². The van der Waals surface area contributed by atoms with Gasteiger partial charge in [0.25, 0.3) is 0 Å². The molecule has 0 bridgehead atoms. The molecule has 0 saturated carbocycles. The Labute approximate surface area is 131 Å². The van der Waals surface area contributed by atoms with E-state index in [1.165, 1.54) is 16.8 Å². The number of likely N-dealkylation sites (N-methyl/N-ethyl adjacent to an activating group) is 2. The summed E-state index contributed by atoms with van der Waals surface area (Å²) in [5.74, 6) is -0.187. The lowest BCUT2D eigenvalue weighted by molar-refractivity contribution is -0.134. The van der Waals surface area contributed by atoms with Crippen LogP contribution in [0.5, 0.6) is 0 Å². The first-order chi connectivity index (χ1) is 10.5. The van der Waals surface area contributed by atoms with Gasteiger partial charge in [0.15, 0.2) is 0 Å². The highest BCUT2D eigenvalue weighted by atomic mass is 16.6. The standard InChI is InChI=1S/C16H24N2O4/c1-13(15(20)17(2)10-7-11-19)18(3)16(21)22-12-14-8-5-4-6-9-14/h4-6,8-9,13,19H,7,10-12H2,1-3H3/t13-/m0/s1. The largest absolute Gasteiger partial charge is 0.445 e. The second-order valence-electron chi connectivity index (χ2n) is 5.16. The molecular weight excluding hydrogens is 284 g/mol. The summed E-state index contributed by atoms with van der Waals surface area (Å²) in [5, 5.41) is 8.79. The Morgan fingerprint density at radius 2 is 1.86 bits per heavy atom. The van der Waals surface area contributed by atoms with Gasteiger partial charge in [-0.05, 0) is 18.9 Å². The molecule has 0 aliphatic rings. The van der Waals surface area contributed by atoms with E-state index in [1.807, 2.05) is 30.3 Å². The van der Waals surface area contributed by atoms with Gasteiger partial charge in [0.05, 0.1) is 0 Å². The molecule has 1 rings (SSSR count). The summed E-state index contributed by atoms with van der Waals surface area (Å²) in [5.41, 5.74) is 0.892. The number of hydrogen-bond donors (Lipinski definition) is 1. The van der Waals surface area contributed by atoms with Gasteiger partial charge in [-0.15, -0.1) is 0 Å². The predicted octanol–water partition coefficient (Wildman–Crippen LogP) is 1.48. The lowest BCUT2D eigenvalue weighted by Crippen LogP contribution is -2.47. The van der Waals surface area contributed by atoms with Crippen LogP contribution in [-0.2, 0) is 16.1 Å². The first-order valence-electron chi connectivity index (χ1n) is 7.26. The van der Waals surface area contributed by atoms with Crippen LogP contribution < -0.4 is 0 Å². The molecule has 0 aliphatic heterocycles. The van der Waals surface area contributed by atoms with Gasteiger partial charge in [0.2, 0.25) is 5.91 Å². The molecule has 1 N–H and O–H groups in total. The molecule has 22 heavy (non-hydrogen) atoms. The van der Waals surface area contributed by atoms with Crippen molar-refractivity contribution in [1.82, 2.24) is 9.80 Å². The molecule has 1 aromatic carbocycles. The normalized spacial score (nSPS) is 11.6. The van der Waals surface area contributed by atoms with E-state index < -0.39 is 12.1 Å². The molecule has 2 amide bonds. The molecule has 0 aromatic heterocycles. The predicted molar refractivity (Wildman–Crippen MR) is 83.2 cm³/mol. The quantitative estimate of drug-likeness (QED) is 0.828. The summed E-state index contributed by atoms with van der Waals surface area (Å²) in [4.78, 5) is 26.9. The Morgan fingerprint density at radius 1 is 1.23 bits per heavy atom. The molecule has 0 heterocycles. The molecule has 0 spiro atoms. The third kappa shape index (κ3) is 5.37. The van der Waals surface area contributed by atoms with Gasteiger partial charge in [0.1, 0.15) is 12.6 Å². The molecule has 0 aliphatic carbocycles. The monoisotopic (exact) mass is 308 g/mol. The maximum atomic E-state index is 12.2. The van der Waals surface area contributed by atoms with E-state index in [2.05, 4.69) is 0 Å². The Balaban J connectivity index is 2.49. The smallest absolute Gasteiger partial charge is 0.410 e. The number of ether oxygens (including phenoxy) is 1. The Kier molecular flexibility index (Phi) is 7.39. The van der Waals surface area contributed by atoms with Crippen molar-refractivity contribution < 1.29 is 19.4 Å². The molecular formula is C16H24N2O4. The molecule has 1 aromatic rings. The maximum absolute atomic E-state index is 12.2. The van der Waals surface area contributed by atoms with Crippen LogP contribution in [0.15, 0.2) is 30.3 Å². The molecule has 0 unspecified atom stereocenters. The zero-order chi connectivity index (χ0) is 16.5. The minimum absolute atomic E-state index is 0.0287. The van der Waals surface area contributed by atoms with Crippen LogP contribution in [0.4, 0.5) is 4.79 Å². The lowest BCUT2D eigenvalue weighted by atomic mass is 10.2. The minimum Gasteiger partial charge on any atom is -0.445 e. The van der Waals surface area contributed by atoms with Crippen molar-refractivity contribution in [2.24, 2.45) is 0 Å². The van der Waals surface area contributed by atoms with Gasteiger partial charge < -0.3 is 14.7 Å². The third-order valence-corrected chi connectivity index (χ3v) is 3.46. The maximum Gasteiger partial charge on any atom is 0.410 e. The molecule has 0 fully saturated rings. The number of benzene rings is 1. The number of rotatable bonds is 7. The number of amides is 2. The van der Waals surface area contributed by atoms with Crippen LogP contribution in [0.3, 0.4) is 0 Å². The minimum atomic E-state index is -0.619. The number of hydrogen-bond acceptors (Lipinski definition) is 4. The van der Waals surface area contributed by atoms with Gasteiger partial charge >= 0.3 is 6.09 Å². The Bertz CT molecular complexity index is 478. The second-order valence-corrected chi connectivity index (χ2v) is 5.16. The fourth-order valence-electron chi connectivity index (χ4n) is 1.88. The van der Waals surface area contributed by atoms with Crippen molar-refractivity contribution in [2.75, 3.05) is 27.2 Å². The number of aliphatic hydroxyl groups excluding tert-OH is 1. The molecule has 122 valence electrons. The van der Waals surface area contributed by atoms with Gasteiger partial charge in [-0.1, -0.05) is 30.3 Å². The molecule has 1 atom stereocenters. The van der Waals surface area contributed by atoms with Crippen molar-refractivity contribution in [3.8, 4) is 0 Å². The van der Waals surface area contributed by atoms with E-state index in [-0.39, 0.29) is 19.1 Å². The fourth-order valence-corrected chi connectivity index (χ4v) is 1.88. The van der Waals surface area contributed by atoms with Crippen LogP contribution >= 0.6 is 0 Å². The summed E-state index contributed by atoms with van der Waals surface area (Å²) in [7, 11) is 3.19. The number of aliphatic hydroxyl groups is 1. The van der Waals surface area contributed by atoms with Crippen LogP contribution in [0.1, 0.15) is 18.9 Å². The highest BCUT2D eigenvalue weighted by molar-refractivity contribution is 5.85. The summed E-state index contributed by atoms with van der Waals surface area (Å²) in [6.07, 6.45) is -0.0304. The summed E-state index contributed by atoms with van der Waals surface area (Å²) in [6.45, 7) is 2.31. The van der Waals surface area contributed by atoms with Crippen molar-refractivity contribution in [3.05, 3.63) is 35.9 Å². The van der Waals surface area contributed by atoms with Crippen LogP contribution in [0.2, 0.25) is 0 Å². The van der Waals surface area contributed by atoms with E-state index >= 15 is 0 Å². The lowest BCUT2D eigenvalue weighted by Gasteiger charge is -2.27. The zero-order valence-corrected chi connectivity index (χ0v) is 13.4. The summed E-state index contributed by atoms with van der Waals surface area (Å²) >= 11 is 0. The van der Waals surface area contributed by atoms with Gasteiger partial charge in [-0.3, -0.25) is 9.69 Å². The topological polar surface area (TPSA) is 70.1 Å². The van der Waals surface area contributed by atoms with Crippen LogP contribution in [0.25, 0.3) is 0 Å². The van der Waals surface area contributed by atoms with Gasteiger partial charge in [-0.25, -0.2) is 4.79 Å². The summed E-state index contributed by atoms with van der Waals surface area (Å²) < 4.78 is 5.20. The van der Waals surface area contributed by atoms with E-state index in [4.69, 9.17) is 9.84 Å². The van der Waals surface area contributed by atoms with Gasteiger partial charge in [0, 0.05) is 27.2 Å². The molecule has 6 nitrogen and oxygen atoms in total. The third-order valence-electron chi connectivity index (χ3n) is 3.46. The first-order valence-corrected chi connectivity index (χ1v) is 7.26. The van der Waals surface area contributed by atoms with Crippen molar-refractivity contribution in [1.29, 1.82) is 0 Å². The SMILES string of the molecule is C[C@@H](C(=O)N(C)CCCO)N(C)C(=O)OCc1ccccc1. The first kappa shape index (κ1) is 18.0. The molecule has 6 heteroatoms. The fraction of sp³-hybridized carbons (Fsp3) is 0.500. The Hall–Kier alpha value is -2.08. The van der Waals surface area contributed by atoms with Crippen molar-refractivity contribution in [2.45, 2.75) is 26.0 Å². The van der Waals surface area contributed by atoms with E-state index in [1.54, 1.807) is 14.0 Å². The van der Waals surface area contributed by atoms with Gasteiger partial charge in [-0.2, -0.15) is 0 Å². The van der Waals surface area contributed by atoms with Crippen LogP contribution in [0, 0.1) is 0 Å². The van der Waals surface area contributed by atoms with Crippen LogP contribution in [-0.4, -0.2) is 60.2 Å². The zero-order valence-electron chi connectivity index (χ0n) is 13.4. The number of carbonyl (C=O) groups is 2. The number of carbonyl (C=O) groups excluding carboxylic acids is 2.